The largest absolute Gasteiger partial charge is 0.480 e. The summed E-state index contributed by atoms with van der Waals surface area (Å²) in [6.07, 6.45) is 2.45. The summed E-state index contributed by atoms with van der Waals surface area (Å²) in [5.41, 5.74) is 0. The molecule has 0 aromatic carbocycles. The minimum atomic E-state index is -0.977. The van der Waals surface area contributed by atoms with Gasteiger partial charge in [-0.1, -0.05) is 0 Å². The van der Waals surface area contributed by atoms with Crippen molar-refractivity contribution in [3.63, 3.8) is 0 Å². The number of piperidine rings is 1. The van der Waals surface area contributed by atoms with Crippen molar-refractivity contribution in [3.8, 4) is 0 Å². The molecule has 1 fully saturated rings. The van der Waals surface area contributed by atoms with Gasteiger partial charge in [-0.2, -0.15) is 5.10 Å². The Hall–Kier alpha value is -1.96. The van der Waals surface area contributed by atoms with Crippen molar-refractivity contribution in [3.05, 3.63) is 12.2 Å². The molecule has 1 saturated heterocycles. The standard InChI is InChI=1S/C10H14N4O4/c15-8(16)5-18-7-1-3-14(4-2-7)10(17)9-11-6-12-13-9/h6-7H,1-5H2,(H,15,16)(H,11,12,13). The average molecular weight is 254 g/mol. The van der Waals surface area contributed by atoms with E-state index >= 15 is 0 Å². The summed E-state index contributed by atoms with van der Waals surface area (Å²) in [6, 6.07) is 0. The molecule has 0 atom stereocenters. The Morgan fingerprint density at radius 2 is 2.22 bits per heavy atom. The summed E-state index contributed by atoms with van der Waals surface area (Å²) in [6.45, 7) is 0.772. The van der Waals surface area contributed by atoms with Crippen LogP contribution in [0.25, 0.3) is 0 Å². The fourth-order valence-corrected chi connectivity index (χ4v) is 1.87. The van der Waals surface area contributed by atoms with E-state index in [0.717, 1.165) is 0 Å². The van der Waals surface area contributed by atoms with Crippen molar-refractivity contribution >= 4 is 11.9 Å². The Morgan fingerprint density at radius 1 is 1.50 bits per heavy atom. The molecule has 1 amide bonds. The highest BCUT2D eigenvalue weighted by atomic mass is 16.5. The fraction of sp³-hybridized carbons (Fsp3) is 0.600. The second-order valence-corrected chi connectivity index (χ2v) is 4.03. The van der Waals surface area contributed by atoms with Gasteiger partial charge in [-0.25, -0.2) is 9.78 Å². The van der Waals surface area contributed by atoms with E-state index < -0.39 is 5.97 Å². The van der Waals surface area contributed by atoms with E-state index in [1.54, 1.807) is 4.90 Å². The summed E-state index contributed by atoms with van der Waals surface area (Å²) < 4.78 is 5.19. The number of rotatable bonds is 4. The Balaban J connectivity index is 1.80. The molecule has 98 valence electrons. The zero-order valence-electron chi connectivity index (χ0n) is 9.70. The van der Waals surface area contributed by atoms with Crippen LogP contribution in [0.4, 0.5) is 0 Å². The quantitative estimate of drug-likeness (QED) is 0.750. The minimum Gasteiger partial charge on any atom is -0.480 e. The summed E-state index contributed by atoms with van der Waals surface area (Å²) >= 11 is 0. The molecule has 0 radical (unpaired) electrons. The molecule has 0 aliphatic carbocycles. The molecule has 18 heavy (non-hydrogen) atoms. The molecule has 8 heteroatoms. The van der Waals surface area contributed by atoms with Crippen molar-refractivity contribution in [1.82, 2.24) is 20.1 Å². The van der Waals surface area contributed by atoms with Crippen molar-refractivity contribution in [2.24, 2.45) is 0 Å². The number of aromatic nitrogens is 3. The second-order valence-electron chi connectivity index (χ2n) is 4.03. The van der Waals surface area contributed by atoms with E-state index in [4.69, 9.17) is 9.84 Å². The number of carbonyl (C=O) groups is 2. The molecule has 2 rings (SSSR count). The lowest BCUT2D eigenvalue weighted by molar-refractivity contribution is -0.145. The molecule has 1 aromatic heterocycles. The van der Waals surface area contributed by atoms with E-state index in [1.807, 2.05) is 0 Å². The van der Waals surface area contributed by atoms with Gasteiger partial charge < -0.3 is 14.7 Å². The van der Waals surface area contributed by atoms with Gasteiger partial charge in [0.15, 0.2) is 0 Å². The van der Waals surface area contributed by atoms with Gasteiger partial charge in [0.2, 0.25) is 5.82 Å². The molecule has 2 heterocycles. The van der Waals surface area contributed by atoms with E-state index in [-0.39, 0.29) is 24.4 Å². The third-order valence-electron chi connectivity index (χ3n) is 2.79. The predicted molar refractivity (Wildman–Crippen MR) is 58.9 cm³/mol. The monoisotopic (exact) mass is 254 g/mol. The van der Waals surface area contributed by atoms with Crippen LogP contribution >= 0.6 is 0 Å². The SMILES string of the molecule is O=C(O)COC1CCN(C(=O)c2ncn[nH]2)CC1. The molecule has 1 aromatic rings. The summed E-state index contributed by atoms with van der Waals surface area (Å²) in [5, 5.41) is 14.7. The van der Waals surface area contributed by atoms with Gasteiger partial charge in [0, 0.05) is 13.1 Å². The van der Waals surface area contributed by atoms with Gasteiger partial charge >= 0.3 is 5.97 Å². The Morgan fingerprint density at radius 3 is 2.78 bits per heavy atom. The first kappa shape index (κ1) is 12.5. The molecule has 0 unspecified atom stereocenters. The van der Waals surface area contributed by atoms with Crippen molar-refractivity contribution in [2.45, 2.75) is 18.9 Å². The number of carbonyl (C=O) groups excluding carboxylic acids is 1. The third kappa shape index (κ3) is 3.04. The zero-order chi connectivity index (χ0) is 13.0. The zero-order valence-corrected chi connectivity index (χ0v) is 9.70. The summed E-state index contributed by atoms with van der Waals surface area (Å²) in [5.74, 6) is -0.945. The van der Waals surface area contributed by atoms with Crippen LogP contribution in [0, 0.1) is 0 Å². The number of hydrogen-bond donors (Lipinski definition) is 2. The highest BCUT2D eigenvalue weighted by Gasteiger charge is 2.25. The number of carboxylic acids is 1. The van der Waals surface area contributed by atoms with Gasteiger partial charge in [-0.3, -0.25) is 9.89 Å². The predicted octanol–water partition coefficient (Wildman–Crippen LogP) is -0.490. The third-order valence-corrected chi connectivity index (χ3v) is 2.79. The molecule has 8 nitrogen and oxygen atoms in total. The second kappa shape index (κ2) is 5.58. The average Bonchev–Trinajstić information content (AvgIpc) is 2.90. The van der Waals surface area contributed by atoms with Gasteiger partial charge in [-0.15, -0.1) is 0 Å². The Labute approximate surface area is 103 Å². The molecule has 1 aliphatic rings. The lowest BCUT2D eigenvalue weighted by atomic mass is 10.1. The maximum atomic E-state index is 11.9. The Bertz CT molecular complexity index is 412. The number of carboxylic acid groups (broad SMARTS) is 1. The first-order valence-corrected chi connectivity index (χ1v) is 5.65. The van der Waals surface area contributed by atoms with Crippen molar-refractivity contribution < 1.29 is 19.4 Å². The van der Waals surface area contributed by atoms with Crippen LogP contribution in [0.3, 0.4) is 0 Å². The number of nitrogens with zero attached hydrogens (tertiary/aromatic N) is 3. The van der Waals surface area contributed by atoms with Crippen molar-refractivity contribution in [2.75, 3.05) is 19.7 Å². The minimum absolute atomic E-state index is 0.0973. The van der Waals surface area contributed by atoms with E-state index in [0.29, 0.717) is 25.9 Å². The number of hydrogen-bond acceptors (Lipinski definition) is 5. The van der Waals surface area contributed by atoms with E-state index in [2.05, 4.69) is 15.2 Å². The van der Waals surface area contributed by atoms with Crippen LogP contribution < -0.4 is 0 Å². The maximum absolute atomic E-state index is 11.9. The van der Waals surface area contributed by atoms with Gasteiger partial charge in [-0.05, 0) is 12.8 Å². The van der Waals surface area contributed by atoms with Gasteiger partial charge in [0.1, 0.15) is 12.9 Å². The number of aliphatic carboxylic acids is 1. The fourth-order valence-electron chi connectivity index (χ4n) is 1.87. The van der Waals surface area contributed by atoms with Gasteiger partial charge in [0.25, 0.3) is 5.91 Å². The molecule has 0 spiro atoms. The van der Waals surface area contributed by atoms with Crippen LogP contribution in [-0.2, 0) is 9.53 Å². The molecule has 0 bridgehead atoms. The topological polar surface area (TPSA) is 108 Å². The van der Waals surface area contributed by atoms with Crippen LogP contribution in [0.1, 0.15) is 23.5 Å². The maximum Gasteiger partial charge on any atom is 0.329 e. The van der Waals surface area contributed by atoms with Crippen LogP contribution in [-0.4, -0.2) is 62.9 Å². The van der Waals surface area contributed by atoms with Gasteiger partial charge in [0.05, 0.1) is 6.10 Å². The number of H-pyrrole nitrogens is 1. The number of ether oxygens (including phenoxy) is 1. The number of aromatic amines is 1. The number of nitrogens with one attached hydrogen (secondary N) is 1. The summed E-state index contributed by atoms with van der Waals surface area (Å²) in [4.78, 5) is 27.7. The molecule has 0 saturated carbocycles. The number of amides is 1. The summed E-state index contributed by atoms with van der Waals surface area (Å²) in [7, 11) is 0. The smallest absolute Gasteiger partial charge is 0.329 e. The highest BCUT2D eigenvalue weighted by molar-refractivity contribution is 5.90. The first-order valence-electron chi connectivity index (χ1n) is 5.65. The van der Waals surface area contributed by atoms with Crippen LogP contribution in [0.15, 0.2) is 6.33 Å². The molecular weight excluding hydrogens is 240 g/mol. The van der Waals surface area contributed by atoms with Crippen LogP contribution in [0.5, 0.6) is 0 Å². The lowest BCUT2D eigenvalue weighted by Crippen LogP contribution is -2.41. The first-order chi connectivity index (χ1) is 8.66. The molecular formula is C10H14N4O4. The van der Waals surface area contributed by atoms with Crippen molar-refractivity contribution in [1.29, 1.82) is 0 Å². The molecule has 1 aliphatic heterocycles. The highest BCUT2D eigenvalue weighted by Crippen LogP contribution is 2.14. The molecule has 2 N–H and O–H groups in total. The Kier molecular flexibility index (Phi) is 3.88. The lowest BCUT2D eigenvalue weighted by Gasteiger charge is -2.30. The van der Waals surface area contributed by atoms with E-state index in [9.17, 15) is 9.59 Å². The van der Waals surface area contributed by atoms with E-state index in [1.165, 1.54) is 6.33 Å². The number of likely N-dealkylation sites (tertiary alicyclic amines) is 1. The normalized spacial score (nSPS) is 16.8. The van der Waals surface area contributed by atoms with Crippen LogP contribution in [0.2, 0.25) is 0 Å².